The second-order valence-corrected chi connectivity index (χ2v) is 8.89. The van der Waals surface area contributed by atoms with Crippen molar-refractivity contribution in [3.8, 4) is 0 Å². The van der Waals surface area contributed by atoms with Gasteiger partial charge < -0.3 is 15.1 Å². The van der Waals surface area contributed by atoms with Crippen LogP contribution in [-0.4, -0.2) is 52.2 Å². The fraction of sp³-hybridized carbons (Fsp3) is 0.600. The number of amides is 3. The van der Waals surface area contributed by atoms with Crippen molar-refractivity contribution in [2.75, 3.05) is 13.1 Å². The number of carbonyl (C=O) groups is 2. The number of thioether (sulfide) groups is 1. The highest BCUT2D eigenvalue weighted by Crippen LogP contribution is 2.42. The Morgan fingerprint density at radius 2 is 2.00 bits per heavy atom. The van der Waals surface area contributed by atoms with Gasteiger partial charge in [-0.2, -0.15) is 0 Å². The van der Waals surface area contributed by atoms with Crippen molar-refractivity contribution < 1.29 is 9.59 Å². The van der Waals surface area contributed by atoms with Crippen LogP contribution in [0.5, 0.6) is 0 Å². The Morgan fingerprint density at radius 3 is 2.58 bits per heavy atom. The van der Waals surface area contributed by atoms with Gasteiger partial charge in [0.15, 0.2) is 0 Å². The molecule has 1 fully saturated rings. The number of hydrogen-bond acceptors (Lipinski definition) is 3. The van der Waals surface area contributed by atoms with Gasteiger partial charge in [0.2, 0.25) is 5.91 Å². The molecule has 2 atom stereocenters. The highest BCUT2D eigenvalue weighted by atomic mass is 32.2. The SMILES string of the molecule is Cc1cccc(C2SC(C)C(=O)N2CCN(C(=O)NC(C)C)C(C)C)c1. The van der Waals surface area contributed by atoms with Crippen LogP contribution in [0.25, 0.3) is 0 Å². The first kappa shape index (κ1) is 20.6. The predicted molar refractivity (Wildman–Crippen MR) is 108 cm³/mol. The summed E-state index contributed by atoms with van der Waals surface area (Å²) in [5, 5.41) is 2.90. The van der Waals surface area contributed by atoms with Crippen molar-refractivity contribution in [1.82, 2.24) is 15.1 Å². The third-order valence-electron chi connectivity index (χ3n) is 4.45. The van der Waals surface area contributed by atoms with Gasteiger partial charge in [0.25, 0.3) is 0 Å². The lowest BCUT2D eigenvalue weighted by atomic mass is 10.1. The van der Waals surface area contributed by atoms with Crippen molar-refractivity contribution in [2.45, 2.75) is 64.2 Å². The first-order chi connectivity index (χ1) is 12.2. The molecule has 1 aliphatic heterocycles. The second-order valence-electron chi connectivity index (χ2n) is 7.47. The summed E-state index contributed by atoms with van der Waals surface area (Å²) in [6, 6.07) is 8.41. The van der Waals surface area contributed by atoms with Crippen LogP contribution < -0.4 is 5.32 Å². The summed E-state index contributed by atoms with van der Waals surface area (Å²) in [5.41, 5.74) is 2.34. The molecule has 2 rings (SSSR count). The number of rotatable bonds is 6. The first-order valence-corrected chi connectivity index (χ1v) is 10.2. The van der Waals surface area contributed by atoms with E-state index in [-0.39, 0.29) is 34.6 Å². The van der Waals surface area contributed by atoms with Crippen molar-refractivity contribution >= 4 is 23.7 Å². The molecule has 0 bridgehead atoms. The number of aryl methyl sites for hydroxylation is 1. The van der Waals surface area contributed by atoms with E-state index in [0.29, 0.717) is 13.1 Å². The number of benzene rings is 1. The van der Waals surface area contributed by atoms with Crippen LogP contribution >= 0.6 is 11.8 Å². The lowest BCUT2D eigenvalue weighted by Crippen LogP contribution is -2.49. The summed E-state index contributed by atoms with van der Waals surface area (Å²) in [6.45, 7) is 13.0. The minimum absolute atomic E-state index is 0.0135. The molecule has 3 amide bonds. The lowest BCUT2D eigenvalue weighted by Gasteiger charge is -2.31. The van der Waals surface area contributed by atoms with Gasteiger partial charge in [0, 0.05) is 25.2 Å². The number of hydrogen-bond donors (Lipinski definition) is 1. The van der Waals surface area contributed by atoms with Crippen molar-refractivity contribution in [3.63, 3.8) is 0 Å². The fourth-order valence-electron chi connectivity index (χ4n) is 3.12. The normalized spacial score (nSPS) is 20.2. The van der Waals surface area contributed by atoms with E-state index < -0.39 is 0 Å². The lowest BCUT2D eigenvalue weighted by molar-refractivity contribution is -0.130. The zero-order valence-corrected chi connectivity index (χ0v) is 17.5. The molecule has 0 aromatic heterocycles. The van der Waals surface area contributed by atoms with Gasteiger partial charge in [-0.3, -0.25) is 4.79 Å². The Morgan fingerprint density at radius 1 is 1.31 bits per heavy atom. The largest absolute Gasteiger partial charge is 0.336 e. The number of nitrogens with zero attached hydrogens (tertiary/aromatic N) is 2. The average molecular weight is 378 g/mol. The van der Waals surface area contributed by atoms with Crippen LogP contribution in [0.2, 0.25) is 0 Å². The molecular weight excluding hydrogens is 346 g/mol. The number of carbonyl (C=O) groups excluding carboxylic acids is 2. The Balaban J connectivity index is 2.13. The van der Waals surface area contributed by atoms with Crippen LogP contribution in [0.3, 0.4) is 0 Å². The van der Waals surface area contributed by atoms with Crippen LogP contribution in [-0.2, 0) is 4.79 Å². The van der Waals surface area contributed by atoms with Gasteiger partial charge in [-0.05, 0) is 47.1 Å². The first-order valence-electron chi connectivity index (χ1n) is 9.30. The van der Waals surface area contributed by atoms with E-state index in [1.807, 2.05) is 45.6 Å². The minimum Gasteiger partial charge on any atom is -0.336 e. The third-order valence-corrected chi connectivity index (χ3v) is 5.85. The van der Waals surface area contributed by atoms with Gasteiger partial charge in [0.1, 0.15) is 5.37 Å². The minimum atomic E-state index is -0.0746. The quantitative estimate of drug-likeness (QED) is 0.821. The predicted octanol–water partition coefficient (Wildman–Crippen LogP) is 3.79. The van der Waals surface area contributed by atoms with E-state index in [0.717, 1.165) is 5.56 Å². The zero-order chi connectivity index (χ0) is 19.4. The molecule has 0 radical (unpaired) electrons. The summed E-state index contributed by atoms with van der Waals surface area (Å²) in [6.07, 6.45) is 0. The molecule has 1 N–H and O–H groups in total. The highest BCUT2D eigenvalue weighted by molar-refractivity contribution is 8.01. The number of urea groups is 1. The van der Waals surface area contributed by atoms with E-state index in [9.17, 15) is 9.59 Å². The van der Waals surface area contributed by atoms with Gasteiger partial charge >= 0.3 is 6.03 Å². The third kappa shape index (κ3) is 4.93. The molecule has 6 heteroatoms. The molecule has 0 aliphatic carbocycles. The summed E-state index contributed by atoms with van der Waals surface area (Å²) >= 11 is 1.68. The van der Waals surface area contributed by atoms with E-state index in [2.05, 4.69) is 30.4 Å². The van der Waals surface area contributed by atoms with E-state index >= 15 is 0 Å². The van der Waals surface area contributed by atoms with E-state index in [1.54, 1.807) is 16.7 Å². The molecule has 1 saturated heterocycles. The molecule has 1 aromatic carbocycles. The summed E-state index contributed by atoms with van der Waals surface area (Å²) in [5.74, 6) is 0.148. The molecule has 2 unspecified atom stereocenters. The molecule has 144 valence electrons. The van der Waals surface area contributed by atoms with Crippen molar-refractivity contribution in [1.29, 1.82) is 0 Å². The Bertz CT molecular complexity index is 648. The smallest absolute Gasteiger partial charge is 0.317 e. The molecule has 5 nitrogen and oxygen atoms in total. The molecule has 1 heterocycles. The molecular formula is C20H31N3O2S. The van der Waals surface area contributed by atoms with Crippen LogP contribution in [0, 0.1) is 6.92 Å². The summed E-state index contributed by atoms with van der Waals surface area (Å²) in [7, 11) is 0. The molecule has 0 saturated carbocycles. The molecule has 26 heavy (non-hydrogen) atoms. The molecule has 1 aliphatic rings. The van der Waals surface area contributed by atoms with Gasteiger partial charge in [-0.15, -0.1) is 11.8 Å². The monoisotopic (exact) mass is 377 g/mol. The molecule has 0 spiro atoms. The maximum atomic E-state index is 12.7. The highest BCUT2D eigenvalue weighted by Gasteiger charge is 2.38. The maximum absolute atomic E-state index is 12.7. The van der Waals surface area contributed by atoms with Gasteiger partial charge in [-0.1, -0.05) is 29.8 Å². The van der Waals surface area contributed by atoms with E-state index in [1.165, 1.54) is 5.56 Å². The standard InChI is InChI=1S/C20H31N3O2S/c1-13(2)21-20(25)22(14(3)4)10-11-23-18(24)16(6)26-19(23)17-9-7-8-15(5)12-17/h7-9,12-14,16,19H,10-11H2,1-6H3,(H,21,25). The van der Waals surface area contributed by atoms with Crippen LogP contribution in [0.4, 0.5) is 4.79 Å². The van der Waals surface area contributed by atoms with E-state index in [4.69, 9.17) is 0 Å². The van der Waals surface area contributed by atoms with Crippen LogP contribution in [0.1, 0.15) is 51.1 Å². The second kappa shape index (κ2) is 8.80. The molecule has 1 aromatic rings. The van der Waals surface area contributed by atoms with Gasteiger partial charge in [-0.25, -0.2) is 4.79 Å². The van der Waals surface area contributed by atoms with Gasteiger partial charge in [0.05, 0.1) is 5.25 Å². The van der Waals surface area contributed by atoms with Crippen LogP contribution in [0.15, 0.2) is 24.3 Å². The Labute approximate surface area is 161 Å². The number of nitrogens with one attached hydrogen (secondary N) is 1. The fourth-order valence-corrected chi connectivity index (χ4v) is 4.42. The Hall–Kier alpha value is -1.69. The summed E-state index contributed by atoms with van der Waals surface area (Å²) in [4.78, 5) is 28.9. The average Bonchev–Trinajstić information content (AvgIpc) is 2.82. The zero-order valence-electron chi connectivity index (χ0n) is 16.7. The topological polar surface area (TPSA) is 52.7 Å². The Kier molecular flexibility index (Phi) is 6.98. The van der Waals surface area contributed by atoms with Crippen molar-refractivity contribution in [2.24, 2.45) is 0 Å². The maximum Gasteiger partial charge on any atom is 0.317 e. The summed E-state index contributed by atoms with van der Waals surface area (Å²) < 4.78 is 0. The van der Waals surface area contributed by atoms with Crippen molar-refractivity contribution in [3.05, 3.63) is 35.4 Å².